The van der Waals surface area contributed by atoms with E-state index >= 15 is 0 Å². The maximum Gasteiger partial charge on any atom is 0.258 e. The summed E-state index contributed by atoms with van der Waals surface area (Å²) in [5.74, 6) is -0.406. The monoisotopic (exact) mass is 493 g/mol. The molecule has 1 fully saturated rings. The van der Waals surface area contributed by atoms with Crippen LogP contribution in [0, 0.1) is 0 Å². The summed E-state index contributed by atoms with van der Waals surface area (Å²) in [5.41, 5.74) is 2.38. The predicted octanol–water partition coefficient (Wildman–Crippen LogP) is 3.87. The average Bonchev–Trinajstić information content (AvgIpc) is 3.47. The lowest BCUT2D eigenvalue weighted by atomic mass is 10.0. The number of ether oxygens (including phenoxy) is 1. The fourth-order valence-electron chi connectivity index (χ4n) is 4.79. The lowest BCUT2D eigenvalue weighted by molar-refractivity contribution is 0.0978. The standard InChI is InChI=1S/C26H27N3O5S/c1-3-29-23-14-13-22(20-7-4-8-21(24(20)23)26(29)31)27-25(30)17-9-11-19(12-10-17)35(32,33)28(2)16-18-6-5-15-34-18/h4,7-14,18H,3,5-6,15-16H2,1-2H3,(H,27,30). The van der Waals surface area contributed by atoms with Crippen molar-refractivity contribution in [3.05, 3.63) is 65.7 Å². The van der Waals surface area contributed by atoms with E-state index in [1.165, 1.54) is 35.6 Å². The Balaban J connectivity index is 1.36. The number of likely N-dealkylation sites (N-methyl/N-ethyl adjacent to an activating group) is 1. The molecule has 8 nitrogen and oxygen atoms in total. The van der Waals surface area contributed by atoms with E-state index in [1.807, 2.05) is 19.1 Å². The molecule has 3 aromatic carbocycles. The van der Waals surface area contributed by atoms with Crippen LogP contribution in [-0.2, 0) is 14.8 Å². The minimum Gasteiger partial charge on any atom is -0.377 e. The smallest absolute Gasteiger partial charge is 0.258 e. The molecule has 2 amide bonds. The Labute approximate surface area is 204 Å². The number of hydrogen-bond donors (Lipinski definition) is 1. The van der Waals surface area contributed by atoms with Gasteiger partial charge in [-0.05, 0) is 62.2 Å². The van der Waals surface area contributed by atoms with Gasteiger partial charge in [-0.1, -0.05) is 12.1 Å². The highest BCUT2D eigenvalue weighted by Gasteiger charge is 2.30. The predicted molar refractivity (Wildman–Crippen MR) is 134 cm³/mol. The second-order valence-corrected chi connectivity index (χ2v) is 10.9. The summed E-state index contributed by atoms with van der Waals surface area (Å²) in [4.78, 5) is 27.5. The molecule has 35 heavy (non-hydrogen) atoms. The number of nitrogens with zero attached hydrogens (tertiary/aromatic N) is 2. The van der Waals surface area contributed by atoms with Gasteiger partial charge < -0.3 is 15.0 Å². The molecule has 0 spiro atoms. The van der Waals surface area contributed by atoms with Crippen LogP contribution in [0.2, 0.25) is 0 Å². The van der Waals surface area contributed by atoms with Gasteiger partial charge in [0.15, 0.2) is 0 Å². The molecule has 9 heteroatoms. The van der Waals surface area contributed by atoms with E-state index in [1.54, 1.807) is 23.1 Å². The molecule has 2 aliphatic heterocycles. The number of sulfonamides is 1. The van der Waals surface area contributed by atoms with Gasteiger partial charge in [-0.15, -0.1) is 0 Å². The van der Waals surface area contributed by atoms with Crippen molar-refractivity contribution in [2.45, 2.75) is 30.8 Å². The SMILES string of the molecule is CCN1C(=O)c2cccc3c(NC(=O)c4ccc(S(=O)(=O)N(C)CC5CCCO5)cc4)ccc1c23. The third kappa shape index (κ3) is 4.09. The van der Waals surface area contributed by atoms with Gasteiger partial charge in [0.05, 0.1) is 16.7 Å². The molecule has 1 N–H and O–H groups in total. The van der Waals surface area contributed by atoms with Crippen LogP contribution in [-0.4, -0.2) is 57.4 Å². The van der Waals surface area contributed by atoms with Gasteiger partial charge in [-0.2, -0.15) is 4.31 Å². The van der Waals surface area contributed by atoms with E-state index in [0.29, 0.717) is 36.5 Å². The molecule has 1 unspecified atom stereocenters. The summed E-state index contributed by atoms with van der Waals surface area (Å²) < 4.78 is 32.7. The molecule has 3 aromatic rings. The molecule has 2 heterocycles. The third-order valence-corrected chi connectivity index (χ3v) is 8.50. The lowest BCUT2D eigenvalue weighted by Gasteiger charge is -2.20. The normalized spacial score (nSPS) is 17.5. The molecule has 0 saturated carbocycles. The van der Waals surface area contributed by atoms with E-state index in [0.717, 1.165) is 29.3 Å². The highest BCUT2D eigenvalue weighted by Crippen LogP contribution is 2.40. The quantitative estimate of drug-likeness (QED) is 0.539. The van der Waals surface area contributed by atoms with Crippen LogP contribution in [0.3, 0.4) is 0 Å². The van der Waals surface area contributed by atoms with Crippen molar-refractivity contribution in [1.82, 2.24) is 4.31 Å². The lowest BCUT2D eigenvalue weighted by Crippen LogP contribution is -2.34. The first-order valence-corrected chi connectivity index (χ1v) is 13.1. The molecule has 182 valence electrons. The first-order valence-electron chi connectivity index (χ1n) is 11.7. The Morgan fingerprint density at radius 1 is 1.14 bits per heavy atom. The fourth-order valence-corrected chi connectivity index (χ4v) is 6.00. The summed E-state index contributed by atoms with van der Waals surface area (Å²) in [6, 6.07) is 15.0. The van der Waals surface area contributed by atoms with Crippen LogP contribution in [0.15, 0.2) is 59.5 Å². The average molecular weight is 494 g/mol. The topological polar surface area (TPSA) is 96.0 Å². The van der Waals surface area contributed by atoms with Crippen LogP contribution in [0.5, 0.6) is 0 Å². The van der Waals surface area contributed by atoms with E-state index in [4.69, 9.17) is 4.74 Å². The summed E-state index contributed by atoms with van der Waals surface area (Å²) >= 11 is 0. The number of rotatable bonds is 7. The van der Waals surface area contributed by atoms with Crippen molar-refractivity contribution >= 4 is 44.0 Å². The Kier molecular flexibility index (Phi) is 6.08. The van der Waals surface area contributed by atoms with Crippen molar-refractivity contribution in [1.29, 1.82) is 0 Å². The van der Waals surface area contributed by atoms with Crippen molar-refractivity contribution in [2.75, 3.05) is 37.0 Å². The Morgan fingerprint density at radius 3 is 2.60 bits per heavy atom. The first-order chi connectivity index (χ1) is 16.8. The molecular weight excluding hydrogens is 466 g/mol. The van der Waals surface area contributed by atoms with Crippen LogP contribution in [0.25, 0.3) is 10.8 Å². The van der Waals surface area contributed by atoms with Gasteiger partial charge in [0.1, 0.15) is 0 Å². The number of amides is 2. The van der Waals surface area contributed by atoms with Crippen LogP contribution >= 0.6 is 0 Å². The zero-order valence-electron chi connectivity index (χ0n) is 19.7. The Hall–Kier alpha value is -3.27. The molecule has 2 aliphatic rings. The van der Waals surface area contributed by atoms with Gasteiger partial charge in [0.25, 0.3) is 11.8 Å². The largest absolute Gasteiger partial charge is 0.377 e. The minimum absolute atomic E-state index is 0.0437. The number of carbonyl (C=O) groups is 2. The number of carbonyl (C=O) groups excluding carboxylic acids is 2. The molecule has 0 aromatic heterocycles. The molecule has 1 atom stereocenters. The van der Waals surface area contributed by atoms with E-state index < -0.39 is 10.0 Å². The zero-order valence-corrected chi connectivity index (χ0v) is 20.5. The van der Waals surface area contributed by atoms with Crippen LogP contribution in [0.1, 0.15) is 40.5 Å². The zero-order chi connectivity index (χ0) is 24.7. The van der Waals surface area contributed by atoms with Crippen molar-refractivity contribution < 1.29 is 22.7 Å². The van der Waals surface area contributed by atoms with E-state index in [9.17, 15) is 18.0 Å². The summed E-state index contributed by atoms with van der Waals surface area (Å²) in [7, 11) is -2.15. The summed E-state index contributed by atoms with van der Waals surface area (Å²) in [5, 5.41) is 4.53. The van der Waals surface area contributed by atoms with Gasteiger partial charge in [-0.3, -0.25) is 9.59 Å². The van der Waals surface area contributed by atoms with Gasteiger partial charge >= 0.3 is 0 Å². The third-order valence-electron chi connectivity index (χ3n) is 6.66. The van der Waals surface area contributed by atoms with Gasteiger partial charge in [-0.25, -0.2) is 8.42 Å². The number of anilines is 2. The van der Waals surface area contributed by atoms with Crippen molar-refractivity contribution in [2.24, 2.45) is 0 Å². The van der Waals surface area contributed by atoms with Gasteiger partial charge in [0.2, 0.25) is 10.0 Å². The number of nitrogens with one attached hydrogen (secondary N) is 1. The maximum atomic E-state index is 13.0. The molecular formula is C26H27N3O5S. The van der Waals surface area contributed by atoms with Crippen molar-refractivity contribution in [3.8, 4) is 0 Å². The Bertz CT molecular complexity index is 1410. The first kappa shape index (κ1) is 23.5. The van der Waals surface area contributed by atoms with Crippen molar-refractivity contribution in [3.63, 3.8) is 0 Å². The van der Waals surface area contributed by atoms with Crippen LogP contribution < -0.4 is 10.2 Å². The second-order valence-electron chi connectivity index (χ2n) is 8.81. The van der Waals surface area contributed by atoms with E-state index in [-0.39, 0.29) is 22.8 Å². The highest BCUT2D eigenvalue weighted by molar-refractivity contribution is 7.89. The maximum absolute atomic E-state index is 13.0. The van der Waals surface area contributed by atoms with Gasteiger partial charge in [0, 0.05) is 54.3 Å². The number of benzene rings is 3. The van der Waals surface area contributed by atoms with E-state index in [2.05, 4.69) is 5.32 Å². The molecule has 5 rings (SSSR count). The summed E-state index contributed by atoms with van der Waals surface area (Å²) in [6.45, 7) is 3.45. The molecule has 0 aliphatic carbocycles. The number of hydrogen-bond acceptors (Lipinski definition) is 5. The molecule has 0 bridgehead atoms. The second kappa shape index (κ2) is 9.07. The minimum atomic E-state index is -3.69. The fraction of sp³-hybridized carbons (Fsp3) is 0.308. The molecule has 1 saturated heterocycles. The van der Waals surface area contributed by atoms with Crippen LogP contribution in [0.4, 0.5) is 11.4 Å². The Morgan fingerprint density at radius 2 is 1.91 bits per heavy atom. The highest BCUT2D eigenvalue weighted by atomic mass is 32.2. The molecule has 0 radical (unpaired) electrons. The summed E-state index contributed by atoms with van der Waals surface area (Å²) in [6.07, 6.45) is 1.70.